The van der Waals surface area contributed by atoms with Crippen LogP contribution in [0.3, 0.4) is 0 Å². The van der Waals surface area contributed by atoms with Gasteiger partial charge in [-0.3, -0.25) is 4.79 Å². The van der Waals surface area contributed by atoms with Crippen molar-refractivity contribution in [3.63, 3.8) is 0 Å². The maximum atomic E-state index is 13.0. The first kappa shape index (κ1) is 15.1. The highest BCUT2D eigenvalue weighted by atomic mass is 16.2. The van der Waals surface area contributed by atoms with Gasteiger partial charge in [0.1, 0.15) is 0 Å². The Morgan fingerprint density at radius 2 is 1.92 bits per heavy atom. The molecule has 3 heterocycles. The number of nitrogens with zero attached hydrogens (tertiary/aromatic N) is 4. The molecular weight excluding hydrogens is 324 g/mol. The van der Waals surface area contributed by atoms with E-state index >= 15 is 0 Å². The highest BCUT2D eigenvalue weighted by Crippen LogP contribution is 2.23. The summed E-state index contributed by atoms with van der Waals surface area (Å²) in [5, 5.41) is 6.78. The van der Waals surface area contributed by atoms with Crippen LogP contribution in [-0.2, 0) is 13.0 Å². The molecule has 0 radical (unpaired) electrons. The Kier molecular flexibility index (Phi) is 3.28. The van der Waals surface area contributed by atoms with E-state index in [0.29, 0.717) is 13.1 Å². The van der Waals surface area contributed by atoms with Gasteiger partial charge in [0.15, 0.2) is 5.65 Å². The molecule has 2 aromatic heterocycles. The van der Waals surface area contributed by atoms with E-state index in [1.165, 1.54) is 0 Å². The van der Waals surface area contributed by atoms with E-state index in [9.17, 15) is 4.79 Å². The van der Waals surface area contributed by atoms with Gasteiger partial charge < -0.3 is 4.90 Å². The SMILES string of the molecule is Cc1cc2ncc3c(n2n1)CCN(C(=O)c1ccc2ccccc2c1)C3. The first-order valence-electron chi connectivity index (χ1n) is 8.80. The second-order valence-electron chi connectivity index (χ2n) is 6.82. The normalized spacial score (nSPS) is 14.0. The summed E-state index contributed by atoms with van der Waals surface area (Å²) in [5.74, 6) is 0.0677. The van der Waals surface area contributed by atoms with Crippen molar-refractivity contribution in [2.75, 3.05) is 6.54 Å². The molecule has 0 unspecified atom stereocenters. The van der Waals surface area contributed by atoms with Crippen molar-refractivity contribution in [1.29, 1.82) is 0 Å². The topological polar surface area (TPSA) is 50.5 Å². The summed E-state index contributed by atoms with van der Waals surface area (Å²) in [6.07, 6.45) is 2.67. The average molecular weight is 342 g/mol. The Morgan fingerprint density at radius 1 is 1.08 bits per heavy atom. The zero-order valence-electron chi connectivity index (χ0n) is 14.5. The van der Waals surface area contributed by atoms with E-state index in [4.69, 9.17) is 0 Å². The van der Waals surface area contributed by atoms with Crippen molar-refractivity contribution in [3.05, 3.63) is 77.2 Å². The fourth-order valence-electron chi connectivity index (χ4n) is 3.73. The zero-order chi connectivity index (χ0) is 17.7. The van der Waals surface area contributed by atoms with E-state index in [0.717, 1.165) is 45.4 Å². The van der Waals surface area contributed by atoms with E-state index in [2.05, 4.69) is 16.1 Å². The van der Waals surface area contributed by atoms with Crippen LogP contribution >= 0.6 is 0 Å². The molecule has 5 nitrogen and oxygen atoms in total. The number of carbonyl (C=O) groups is 1. The molecule has 0 spiro atoms. The standard InChI is InChI=1S/C21H18N4O/c1-14-10-20-22-12-18-13-24(9-8-19(18)25(20)23-14)21(26)17-7-6-15-4-2-3-5-16(15)11-17/h2-7,10-12H,8-9,13H2,1H3. The van der Waals surface area contributed by atoms with Crippen molar-refractivity contribution >= 4 is 22.3 Å². The molecule has 0 aliphatic carbocycles. The van der Waals surface area contributed by atoms with Crippen LogP contribution in [-0.4, -0.2) is 31.9 Å². The number of amides is 1. The second kappa shape index (κ2) is 5.66. The number of rotatable bonds is 1. The van der Waals surface area contributed by atoms with Gasteiger partial charge in [-0.1, -0.05) is 30.3 Å². The van der Waals surface area contributed by atoms with Gasteiger partial charge >= 0.3 is 0 Å². The molecule has 0 saturated carbocycles. The highest BCUT2D eigenvalue weighted by Gasteiger charge is 2.24. The number of hydrogen-bond acceptors (Lipinski definition) is 3. The lowest BCUT2D eigenvalue weighted by molar-refractivity contribution is 0.0733. The molecule has 0 atom stereocenters. The molecule has 4 aromatic rings. The van der Waals surface area contributed by atoms with Crippen LogP contribution in [0.2, 0.25) is 0 Å². The van der Waals surface area contributed by atoms with Gasteiger partial charge in [-0.25, -0.2) is 9.50 Å². The molecule has 1 aliphatic rings. The predicted octanol–water partition coefficient (Wildman–Crippen LogP) is 3.39. The van der Waals surface area contributed by atoms with Gasteiger partial charge in [0, 0.05) is 42.9 Å². The van der Waals surface area contributed by atoms with Crippen molar-refractivity contribution in [1.82, 2.24) is 19.5 Å². The van der Waals surface area contributed by atoms with Gasteiger partial charge in [0.2, 0.25) is 0 Å². The molecule has 1 amide bonds. The molecule has 0 fully saturated rings. The summed E-state index contributed by atoms with van der Waals surface area (Å²) in [5.41, 5.74) is 4.79. The van der Waals surface area contributed by atoms with Crippen LogP contribution in [0.5, 0.6) is 0 Å². The number of aryl methyl sites for hydroxylation is 1. The molecule has 0 bridgehead atoms. The number of fused-ring (bicyclic) bond motifs is 4. The third-order valence-corrected chi connectivity index (χ3v) is 5.06. The van der Waals surface area contributed by atoms with Crippen molar-refractivity contribution in [2.24, 2.45) is 0 Å². The van der Waals surface area contributed by atoms with Crippen molar-refractivity contribution in [2.45, 2.75) is 19.9 Å². The predicted molar refractivity (Wildman–Crippen MR) is 100 cm³/mol. The van der Waals surface area contributed by atoms with Crippen LogP contribution in [0.1, 0.15) is 27.3 Å². The fourth-order valence-corrected chi connectivity index (χ4v) is 3.73. The molecule has 0 N–H and O–H groups in total. The molecule has 26 heavy (non-hydrogen) atoms. The number of benzene rings is 2. The lowest BCUT2D eigenvalue weighted by Crippen LogP contribution is -2.37. The Bertz CT molecular complexity index is 1160. The Labute approximate surface area is 150 Å². The van der Waals surface area contributed by atoms with Crippen LogP contribution < -0.4 is 0 Å². The molecular formula is C21H18N4O. The van der Waals surface area contributed by atoms with E-state index in [-0.39, 0.29) is 5.91 Å². The summed E-state index contributed by atoms with van der Waals surface area (Å²) < 4.78 is 1.92. The Balaban J connectivity index is 1.47. The minimum atomic E-state index is 0.0677. The summed E-state index contributed by atoms with van der Waals surface area (Å²) in [7, 11) is 0. The molecule has 5 rings (SSSR count). The summed E-state index contributed by atoms with van der Waals surface area (Å²) in [6.45, 7) is 3.24. The van der Waals surface area contributed by atoms with E-state index in [1.807, 2.05) is 65.0 Å². The Hall–Kier alpha value is -3.21. The minimum absolute atomic E-state index is 0.0677. The lowest BCUT2D eigenvalue weighted by Gasteiger charge is -2.29. The first-order chi connectivity index (χ1) is 12.7. The molecule has 5 heteroatoms. The van der Waals surface area contributed by atoms with Gasteiger partial charge in [0.25, 0.3) is 5.91 Å². The molecule has 1 aliphatic heterocycles. The number of aromatic nitrogens is 3. The molecule has 128 valence electrons. The van der Waals surface area contributed by atoms with Gasteiger partial charge in [-0.2, -0.15) is 5.10 Å². The van der Waals surface area contributed by atoms with Gasteiger partial charge in [0.05, 0.1) is 11.4 Å². The summed E-state index contributed by atoms with van der Waals surface area (Å²) in [6, 6.07) is 16.0. The maximum absolute atomic E-state index is 13.0. The van der Waals surface area contributed by atoms with E-state index in [1.54, 1.807) is 0 Å². The first-order valence-corrected chi connectivity index (χ1v) is 8.80. The van der Waals surface area contributed by atoms with Crippen molar-refractivity contribution < 1.29 is 4.79 Å². The maximum Gasteiger partial charge on any atom is 0.254 e. The van der Waals surface area contributed by atoms with E-state index < -0.39 is 0 Å². The summed E-state index contributed by atoms with van der Waals surface area (Å²) >= 11 is 0. The quantitative estimate of drug-likeness (QED) is 0.533. The fraction of sp³-hybridized carbons (Fsp3) is 0.190. The average Bonchev–Trinajstić information content (AvgIpc) is 3.07. The van der Waals surface area contributed by atoms with Crippen LogP contribution in [0.15, 0.2) is 54.7 Å². The van der Waals surface area contributed by atoms with Gasteiger partial charge in [-0.15, -0.1) is 0 Å². The molecule has 0 saturated heterocycles. The number of carbonyl (C=O) groups excluding carboxylic acids is 1. The summed E-state index contributed by atoms with van der Waals surface area (Å²) in [4.78, 5) is 19.4. The van der Waals surface area contributed by atoms with Gasteiger partial charge in [-0.05, 0) is 29.8 Å². The number of hydrogen-bond donors (Lipinski definition) is 0. The van der Waals surface area contributed by atoms with Crippen LogP contribution in [0, 0.1) is 6.92 Å². The van der Waals surface area contributed by atoms with Crippen molar-refractivity contribution in [3.8, 4) is 0 Å². The lowest BCUT2D eigenvalue weighted by atomic mass is 10.0. The third-order valence-electron chi connectivity index (χ3n) is 5.06. The highest BCUT2D eigenvalue weighted by molar-refractivity contribution is 5.98. The van der Waals surface area contributed by atoms with Crippen LogP contribution in [0.4, 0.5) is 0 Å². The smallest absolute Gasteiger partial charge is 0.254 e. The minimum Gasteiger partial charge on any atom is -0.334 e. The third kappa shape index (κ3) is 2.36. The zero-order valence-corrected chi connectivity index (χ0v) is 14.5. The monoisotopic (exact) mass is 342 g/mol. The Morgan fingerprint density at radius 3 is 2.81 bits per heavy atom. The second-order valence-corrected chi connectivity index (χ2v) is 6.82. The van der Waals surface area contributed by atoms with Crippen LogP contribution in [0.25, 0.3) is 16.4 Å². The molecule has 2 aromatic carbocycles. The largest absolute Gasteiger partial charge is 0.334 e.